The van der Waals surface area contributed by atoms with Gasteiger partial charge in [-0.25, -0.2) is 0 Å². The van der Waals surface area contributed by atoms with E-state index >= 15 is 0 Å². The van der Waals surface area contributed by atoms with Gasteiger partial charge in [0.15, 0.2) is 5.57 Å². The highest BCUT2D eigenvalue weighted by atomic mass is 16.2. The van der Waals surface area contributed by atoms with Crippen LogP contribution in [0.4, 0.5) is 0 Å². The largest absolute Gasteiger partial charge is 0.350 e. The van der Waals surface area contributed by atoms with Gasteiger partial charge in [-0.2, -0.15) is 10.5 Å². The Morgan fingerprint density at radius 3 is 2.50 bits per heavy atom. The second kappa shape index (κ2) is 2.93. The third kappa shape index (κ3) is 1.21. The van der Waals surface area contributed by atoms with E-state index in [-0.39, 0.29) is 18.0 Å². The summed E-state index contributed by atoms with van der Waals surface area (Å²) in [4.78, 5) is 12.3. The fraction of sp³-hybridized carbons (Fsp3) is 0.286. The summed E-state index contributed by atoms with van der Waals surface area (Å²) in [6.07, 6.45) is 0. The smallest absolute Gasteiger partial charge is 0.245 e. The van der Waals surface area contributed by atoms with Gasteiger partial charge in [-0.3, -0.25) is 4.79 Å². The quantitative estimate of drug-likeness (QED) is 0.478. The normalized spacial score (nSPS) is 15.1. The number of carbonyl (C=O) groups excluding carboxylic acids is 1. The molecule has 1 aliphatic rings. The first-order valence-corrected chi connectivity index (χ1v) is 3.24. The molecule has 1 N–H and O–H groups in total. The fourth-order valence-corrected chi connectivity index (χ4v) is 0.946. The number of nitrogens with one attached hydrogen (secondary N) is 1. The van der Waals surface area contributed by atoms with Gasteiger partial charge >= 0.3 is 0 Å². The van der Waals surface area contributed by atoms with Crippen LogP contribution in [0, 0.1) is 22.7 Å². The standard InChI is InChI=1S/C7H6N4O/c1-11-4-6(12)10-7(11)5(2-8)3-9/h4H2,1H3,(H,10,12). The van der Waals surface area contributed by atoms with E-state index in [1.165, 1.54) is 4.90 Å². The zero-order chi connectivity index (χ0) is 9.14. The zero-order valence-electron chi connectivity index (χ0n) is 6.46. The lowest BCUT2D eigenvalue weighted by Gasteiger charge is -2.08. The predicted molar refractivity (Wildman–Crippen MR) is 39.0 cm³/mol. The molecule has 0 radical (unpaired) electrons. The van der Waals surface area contributed by atoms with Crippen LogP contribution in [0.3, 0.4) is 0 Å². The Morgan fingerprint density at radius 2 is 2.17 bits per heavy atom. The maximum absolute atomic E-state index is 10.8. The molecule has 0 aromatic heterocycles. The Morgan fingerprint density at radius 1 is 1.58 bits per heavy atom. The Balaban J connectivity index is 3.05. The van der Waals surface area contributed by atoms with Gasteiger partial charge in [0.2, 0.25) is 5.91 Å². The molecular weight excluding hydrogens is 156 g/mol. The Labute approximate surface area is 69.5 Å². The molecule has 0 aromatic rings. The third-order valence-corrected chi connectivity index (χ3v) is 1.48. The van der Waals surface area contributed by atoms with E-state index in [1.807, 2.05) is 0 Å². The van der Waals surface area contributed by atoms with E-state index in [0.29, 0.717) is 5.82 Å². The minimum absolute atomic E-state index is 0.0663. The van der Waals surface area contributed by atoms with Crippen molar-refractivity contribution in [3.63, 3.8) is 0 Å². The molecule has 0 bridgehead atoms. The molecule has 0 aliphatic carbocycles. The number of nitrogens with zero attached hydrogens (tertiary/aromatic N) is 3. The number of hydrogen-bond donors (Lipinski definition) is 1. The molecule has 0 unspecified atom stereocenters. The number of carbonyl (C=O) groups is 1. The van der Waals surface area contributed by atoms with Crippen LogP contribution in [0.2, 0.25) is 0 Å². The second-order valence-corrected chi connectivity index (χ2v) is 2.35. The molecule has 0 spiro atoms. The third-order valence-electron chi connectivity index (χ3n) is 1.48. The SMILES string of the molecule is CN1CC(=O)NC1=C(C#N)C#N. The first-order chi connectivity index (χ1) is 5.69. The van der Waals surface area contributed by atoms with E-state index in [1.54, 1.807) is 19.2 Å². The van der Waals surface area contributed by atoms with Gasteiger partial charge in [-0.05, 0) is 0 Å². The summed E-state index contributed by atoms with van der Waals surface area (Å²) in [5.74, 6) is 0.0977. The Bertz CT molecular complexity index is 314. The summed E-state index contributed by atoms with van der Waals surface area (Å²) in [6, 6.07) is 3.41. The summed E-state index contributed by atoms with van der Waals surface area (Å²) in [7, 11) is 1.64. The molecule has 60 valence electrons. The van der Waals surface area contributed by atoms with Gasteiger partial charge < -0.3 is 10.2 Å². The molecule has 0 aromatic carbocycles. The molecule has 1 amide bonds. The van der Waals surface area contributed by atoms with E-state index in [4.69, 9.17) is 10.5 Å². The highest BCUT2D eigenvalue weighted by Gasteiger charge is 2.23. The van der Waals surface area contributed by atoms with Crippen molar-refractivity contribution >= 4 is 5.91 Å². The number of rotatable bonds is 0. The van der Waals surface area contributed by atoms with Crippen LogP contribution in [0.1, 0.15) is 0 Å². The van der Waals surface area contributed by atoms with Gasteiger partial charge in [0.25, 0.3) is 0 Å². The number of nitriles is 2. The first-order valence-electron chi connectivity index (χ1n) is 3.24. The topological polar surface area (TPSA) is 79.9 Å². The van der Waals surface area contributed by atoms with E-state index in [0.717, 1.165) is 0 Å². The molecule has 5 heteroatoms. The van der Waals surface area contributed by atoms with Crippen LogP contribution < -0.4 is 5.32 Å². The average molecular weight is 162 g/mol. The van der Waals surface area contributed by atoms with Crippen molar-refractivity contribution in [1.82, 2.24) is 10.2 Å². The van der Waals surface area contributed by atoms with Crippen LogP contribution in [0.15, 0.2) is 11.4 Å². The van der Waals surface area contributed by atoms with Crippen LogP contribution in [0.5, 0.6) is 0 Å². The molecule has 1 fully saturated rings. The Hall–Kier alpha value is -2.01. The number of hydrogen-bond acceptors (Lipinski definition) is 4. The average Bonchev–Trinajstić information content (AvgIpc) is 2.34. The summed E-state index contributed by atoms with van der Waals surface area (Å²) >= 11 is 0. The van der Waals surface area contributed by atoms with Crippen molar-refractivity contribution in [2.24, 2.45) is 0 Å². The highest BCUT2D eigenvalue weighted by Crippen LogP contribution is 2.09. The van der Waals surface area contributed by atoms with E-state index in [2.05, 4.69) is 5.32 Å². The molecule has 0 atom stereocenters. The summed E-state index contributed by atoms with van der Waals surface area (Å²) in [6.45, 7) is 0.197. The molecular formula is C7H6N4O. The summed E-state index contributed by atoms with van der Waals surface area (Å²) in [5, 5.41) is 19.4. The Kier molecular flexibility index (Phi) is 1.98. The fourth-order valence-electron chi connectivity index (χ4n) is 0.946. The van der Waals surface area contributed by atoms with E-state index < -0.39 is 0 Å². The minimum Gasteiger partial charge on any atom is -0.350 e. The summed E-state index contributed by atoms with van der Waals surface area (Å²) in [5.41, 5.74) is -0.0663. The lowest BCUT2D eigenvalue weighted by Crippen LogP contribution is -2.16. The monoisotopic (exact) mass is 162 g/mol. The van der Waals surface area contributed by atoms with Gasteiger partial charge in [-0.1, -0.05) is 0 Å². The minimum atomic E-state index is -0.199. The maximum atomic E-state index is 10.8. The molecule has 1 heterocycles. The number of amides is 1. The lowest BCUT2D eigenvalue weighted by molar-refractivity contribution is -0.118. The van der Waals surface area contributed by atoms with Gasteiger partial charge in [-0.15, -0.1) is 0 Å². The number of likely N-dealkylation sites (N-methyl/N-ethyl adjacent to an activating group) is 1. The van der Waals surface area contributed by atoms with Crippen molar-refractivity contribution in [1.29, 1.82) is 10.5 Å². The van der Waals surface area contributed by atoms with Crippen LogP contribution in [0.25, 0.3) is 0 Å². The number of allylic oxidation sites excluding steroid dienone is 1. The van der Waals surface area contributed by atoms with Crippen molar-refractivity contribution in [2.75, 3.05) is 13.6 Å². The van der Waals surface area contributed by atoms with Gasteiger partial charge in [0, 0.05) is 7.05 Å². The molecule has 5 nitrogen and oxygen atoms in total. The van der Waals surface area contributed by atoms with Gasteiger partial charge in [0.1, 0.15) is 18.0 Å². The first kappa shape index (κ1) is 8.09. The maximum Gasteiger partial charge on any atom is 0.245 e. The van der Waals surface area contributed by atoms with Crippen molar-refractivity contribution in [2.45, 2.75) is 0 Å². The molecule has 1 aliphatic heterocycles. The van der Waals surface area contributed by atoms with Crippen LogP contribution in [-0.2, 0) is 4.79 Å². The lowest BCUT2D eigenvalue weighted by atomic mass is 10.3. The molecule has 1 rings (SSSR count). The van der Waals surface area contributed by atoms with Crippen molar-refractivity contribution < 1.29 is 4.79 Å². The molecule has 12 heavy (non-hydrogen) atoms. The molecule has 1 saturated heterocycles. The molecule has 0 saturated carbocycles. The predicted octanol–water partition coefficient (Wildman–Crippen LogP) is -0.693. The van der Waals surface area contributed by atoms with Crippen molar-refractivity contribution in [3.8, 4) is 12.1 Å². The van der Waals surface area contributed by atoms with Crippen LogP contribution >= 0.6 is 0 Å². The second-order valence-electron chi connectivity index (χ2n) is 2.35. The highest BCUT2D eigenvalue weighted by molar-refractivity contribution is 5.83. The van der Waals surface area contributed by atoms with Crippen molar-refractivity contribution in [3.05, 3.63) is 11.4 Å². The zero-order valence-corrected chi connectivity index (χ0v) is 6.46. The summed E-state index contributed by atoms with van der Waals surface area (Å²) < 4.78 is 0. The van der Waals surface area contributed by atoms with E-state index in [9.17, 15) is 4.79 Å². The van der Waals surface area contributed by atoms with Gasteiger partial charge in [0.05, 0.1) is 6.54 Å². The van der Waals surface area contributed by atoms with Crippen LogP contribution in [-0.4, -0.2) is 24.4 Å².